The highest BCUT2D eigenvalue weighted by molar-refractivity contribution is 7.89. The predicted molar refractivity (Wildman–Crippen MR) is 113 cm³/mol. The van der Waals surface area contributed by atoms with E-state index in [2.05, 4.69) is 9.71 Å². The van der Waals surface area contributed by atoms with Gasteiger partial charge < -0.3 is 23.9 Å². The van der Waals surface area contributed by atoms with Crippen LogP contribution in [-0.2, 0) is 19.6 Å². The molecule has 11 nitrogen and oxygen atoms in total. The summed E-state index contributed by atoms with van der Waals surface area (Å²) in [4.78, 5) is 42.8. The van der Waals surface area contributed by atoms with Gasteiger partial charge in [0.05, 0.1) is 19.4 Å². The van der Waals surface area contributed by atoms with Gasteiger partial charge in [-0.2, -0.15) is 0 Å². The number of hydrogen-bond donors (Lipinski definition) is 2. The number of nitrogens with one attached hydrogen (secondary N) is 2. The van der Waals surface area contributed by atoms with Crippen LogP contribution in [0.3, 0.4) is 0 Å². The van der Waals surface area contributed by atoms with E-state index >= 15 is 0 Å². The third-order valence-electron chi connectivity index (χ3n) is 5.13. The number of sulfonamides is 1. The van der Waals surface area contributed by atoms with Crippen molar-refractivity contribution in [3.63, 3.8) is 0 Å². The number of furan rings is 1. The Kier molecular flexibility index (Phi) is 7.04. The van der Waals surface area contributed by atoms with E-state index in [9.17, 15) is 22.8 Å². The van der Waals surface area contributed by atoms with Gasteiger partial charge in [-0.1, -0.05) is 0 Å². The molecular weight excluding hydrogens is 440 g/mol. The second kappa shape index (κ2) is 9.57. The van der Waals surface area contributed by atoms with Gasteiger partial charge in [0.2, 0.25) is 15.9 Å². The van der Waals surface area contributed by atoms with Crippen molar-refractivity contribution in [3.8, 4) is 0 Å². The largest absolute Gasteiger partial charge is 0.462 e. The van der Waals surface area contributed by atoms with Crippen LogP contribution < -0.4 is 4.72 Å². The van der Waals surface area contributed by atoms with E-state index in [-0.39, 0.29) is 47.5 Å². The standard InChI is InChI=1S/C20H26N4O7S/c1-4-30-20(27)17-13(2)22-14(3)18(17)32(28,29)21-12-16(25)23-7-9-24(10-8-23)19(26)15-6-5-11-31-15/h5-6,11,21-22H,4,7-10,12H2,1-3H3. The molecule has 1 saturated heterocycles. The van der Waals surface area contributed by atoms with Gasteiger partial charge >= 0.3 is 5.97 Å². The molecule has 0 unspecified atom stereocenters. The summed E-state index contributed by atoms with van der Waals surface area (Å²) in [5, 5.41) is 0. The van der Waals surface area contributed by atoms with Crippen molar-refractivity contribution in [2.45, 2.75) is 25.7 Å². The number of aromatic amines is 1. The molecule has 0 saturated carbocycles. The molecule has 2 amide bonds. The lowest BCUT2D eigenvalue weighted by Crippen LogP contribution is -2.52. The highest BCUT2D eigenvalue weighted by atomic mass is 32.2. The number of esters is 1. The normalized spacial score (nSPS) is 14.5. The van der Waals surface area contributed by atoms with Gasteiger partial charge in [0.1, 0.15) is 10.5 Å². The van der Waals surface area contributed by atoms with Crippen LogP contribution in [0.1, 0.15) is 39.2 Å². The minimum atomic E-state index is -4.16. The molecule has 1 aliphatic rings. The van der Waals surface area contributed by atoms with Crippen LogP contribution in [0.5, 0.6) is 0 Å². The molecule has 0 aromatic carbocycles. The molecule has 12 heteroatoms. The van der Waals surface area contributed by atoms with E-state index in [4.69, 9.17) is 9.15 Å². The van der Waals surface area contributed by atoms with Gasteiger partial charge in [-0.15, -0.1) is 0 Å². The number of aryl methyl sites for hydroxylation is 2. The minimum Gasteiger partial charge on any atom is -0.462 e. The summed E-state index contributed by atoms with van der Waals surface area (Å²) >= 11 is 0. The van der Waals surface area contributed by atoms with Crippen molar-refractivity contribution in [2.24, 2.45) is 0 Å². The minimum absolute atomic E-state index is 0.0747. The highest BCUT2D eigenvalue weighted by Crippen LogP contribution is 2.24. The van der Waals surface area contributed by atoms with Crippen molar-refractivity contribution in [1.29, 1.82) is 0 Å². The van der Waals surface area contributed by atoms with Gasteiger partial charge in [-0.05, 0) is 32.9 Å². The van der Waals surface area contributed by atoms with E-state index in [1.807, 2.05) is 0 Å². The van der Waals surface area contributed by atoms with E-state index < -0.39 is 28.4 Å². The Morgan fingerprint density at radius 1 is 1.12 bits per heavy atom. The number of carbonyl (C=O) groups excluding carboxylic acids is 3. The van der Waals surface area contributed by atoms with E-state index in [1.54, 1.807) is 30.9 Å². The third-order valence-corrected chi connectivity index (χ3v) is 6.70. The fourth-order valence-electron chi connectivity index (χ4n) is 3.60. The van der Waals surface area contributed by atoms with Gasteiger partial charge in [0.25, 0.3) is 5.91 Å². The van der Waals surface area contributed by atoms with Crippen LogP contribution in [0.2, 0.25) is 0 Å². The Morgan fingerprint density at radius 3 is 2.38 bits per heavy atom. The van der Waals surface area contributed by atoms with Crippen molar-refractivity contribution in [2.75, 3.05) is 39.3 Å². The average Bonchev–Trinajstić information content (AvgIpc) is 3.39. The Bertz CT molecular complexity index is 1100. The zero-order valence-corrected chi connectivity index (χ0v) is 19.0. The first-order chi connectivity index (χ1) is 15.2. The summed E-state index contributed by atoms with van der Waals surface area (Å²) in [6.45, 7) is 5.51. The van der Waals surface area contributed by atoms with Crippen LogP contribution >= 0.6 is 0 Å². The molecule has 32 heavy (non-hydrogen) atoms. The lowest BCUT2D eigenvalue weighted by atomic mass is 10.2. The molecule has 2 aromatic rings. The lowest BCUT2D eigenvalue weighted by molar-refractivity contribution is -0.131. The number of hydrogen-bond acceptors (Lipinski definition) is 7. The van der Waals surface area contributed by atoms with Crippen LogP contribution in [-0.4, -0.2) is 80.3 Å². The maximum Gasteiger partial charge on any atom is 0.341 e. The first-order valence-corrected chi connectivity index (χ1v) is 11.6. The molecule has 0 aliphatic carbocycles. The smallest absolute Gasteiger partial charge is 0.341 e. The molecule has 2 N–H and O–H groups in total. The maximum absolute atomic E-state index is 12.9. The van der Waals surface area contributed by atoms with Crippen LogP contribution in [0.15, 0.2) is 27.7 Å². The number of amides is 2. The molecule has 0 spiro atoms. The van der Waals surface area contributed by atoms with Gasteiger partial charge in [0, 0.05) is 37.6 Å². The summed E-state index contributed by atoms with van der Waals surface area (Å²) in [6, 6.07) is 3.20. The van der Waals surface area contributed by atoms with Crippen molar-refractivity contribution in [1.82, 2.24) is 19.5 Å². The van der Waals surface area contributed by atoms with E-state index in [0.717, 1.165) is 0 Å². The van der Waals surface area contributed by atoms with Gasteiger partial charge in [-0.25, -0.2) is 17.9 Å². The van der Waals surface area contributed by atoms with Crippen molar-refractivity contribution < 1.29 is 32.0 Å². The average molecular weight is 467 g/mol. The van der Waals surface area contributed by atoms with Gasteiger partial charge in [0.15, 0.2) is 5.76 Å². The number of H-pyrrole nitrogens is 1. The van der Waals surface area contributed by atoms with Crippen LogP contribution in [0, 0.1) is 13.8 Å². The Hall–Kier alpha value is -3.12. The second-order valence-electron chi connectivity index (χ2n) is 7.27. The number of ether oxygens (including phenoxy) is 1. The van der Waals surface area contributed by atoms with Crippen molar-refractivity contribution >= 4 is 27.8 Å². The fraction of sp³-hybridized carbons (Fsp3) is 0.450. The van der Waals surface area contributed by atoms with Crippen molar-refractivity contribution in [3.05, 3.63) is 41.1 Å². The topological polar surface area (TPSA) is 142 Å². The molecule has 3 rings (SSSR count). The Morgan fingerprint density at radius 2 is 1.78 bits per heavy atom. The lowest BCUT2D eigenvalue weighted by Gasteiger charge is -2.34. The van der Waals surface area contributed by atoms with E-state index in [0.29, 0.717) is 18.8 Å². The molecule has 3 heterocycles. The molecule has 2 aromatic heterocycles. The summed E-state index contributed by atoms with van der Waals surface area (Å²) in [6.07, 6.45) is 1.42. The molecule has 0 bridgehead atoms. The monoisotopic (exact) mass is 466 g/mol. The maximum atomic E-state index is 12.9. The summed E-state index contributed by atoms with van der Waals surface area (Å²) in [7, 11) is -4.16. The molecule has 0 atom stereocenters. The number of carbonyl (C=O) groups is 3. The zero-order chi connectivity index (χ0) is 23.5. The quantitative estimate of drug-likeness (QED) is 0.571. The number of nitrogens with zero attached hydrogens (tertiary/aromatic N) is 2. The SMILES string of the molecule is CCOC(=O)c1c(C)[nH]c(C)c1S(=O)(=O)NCC(=O)N1CCN(C(=O)c2ccco2)CC1. The number of rotatable bonds is 7. The predicted octanol–water partition coefficient (Wildman–Crippen LogP) is 0.664. The number of aromatic nitrogens is 1. The van der Waals surface area contributed by atoms with Gasteiger partial charge in [-0.3, -0.25) is 9.59 Å². The second-order valence-corrected chi connectivity index (χ2v) is 8.98. The summed E-state index contributed by atoms with van der Waals surface area (Å²) in [5.74, 6) is -1.21. The first-order valence-electron chi connectivity index (χ1n) is 10.1. The summed E-state index contributed by atoms with van der Waals surface area (Å²) < 4.78 is 38.1. The molecule has 1 aliphatic heterocycles. The third kappa shape index (κ3) is 4.86. The Labute approximate surface area is 185 Å². The molecular formula is C20H26N4O7S. The van der Waals surface area contributed by atoms with Crippen LogP contribution in [0.4, 0.5) is 0 Å². The first kappa shape index (κ1) is 23.5. The fourth-order valence-corrected chi connectivity index (χ4v) is 5.02. The number of piperazine rings is 1. The molecule has 174 valence electrons. The van der Waals surface area contributed by atoms with Crippen LogP contribution in [0.25, 0.3) is 0 Å². The highest BCUT2D eigenvalue weighted by Gasteiger charge is 2.31. The Balaban J connectivity index is 1.62. The van der Waals surface area contributed by atoms with E-state index in [1.165, 1.54) is 18.1 Å². The molecule has 0 radical (unpaired) electrons. The molecule has 1 fully saturated rings. The summed E-state index contributed by atoms with van der Waals surface area (Å²) in [5.41, 5.74) is 0.565. The zero-order valence-electron chi connectivity index (χ0n) is 18.1.